The third-order valence-electron chi connectivity index (χ3n) is 4.39. The zero-order valence-electron chi connectivity index (χ0n) is 19.1. The van der Waals surface area contributed by atoms with Crippen molar-refractivity contribution in [3.05, 3.63) is 46.6 Å². The molecule has 0 saturated heterocycles. The van der Waals surface area contributed by atoms with Gasteiger partial charge in [0.25, 0.3) is 10.0 Å². The van der Waals surface area contributed by atoms with Crippen LogP contribution in [-0.2, 0) is 14.8 Å². The second kappa shape index (κ2) is 12.6. The standard InChI is InChI=1S/C19H24ClN3O4S.C2HF3O2/c1-4-9-23(10-5-2)18-15(19(24)25)11-14(12-21-18)22-28(26,27)17-8-6-7-16(20)13(17)3;3-2(4,5)1(6)7/h6-8,11-12,22H,4-5,9-10H2,1-3H3,(H,24,25);(H,6,7). The van der Waals surface area contributed by atoms with Crippen LogP contribution < -0.4 is 9.62 Å². The molecule has 0 amide bonds. The predicted octanol–water partition coefficient (Wildman–Crippen LogP) is 4.80. The van der Waals surface area contributed by atoms with Crippen LogP contribution in [0.2, 0.25) is 5.02 Å². The third-order valence-corrected chi connectivity index (χ3v) is 6.32. The van der Waals surface area contributed by atoms with E-state index in [4.69, 9.17) is 21.5 Å². The summed E-state index contributed by atoms with van der Waals surface area (Å²) in [7, 11) is -3.94. The summed E-state index contributed by atoms with van der Waals surface area (Å²) in [6.45, 7) is 6.92. The van der Waals surface area contributed by atoms with Gasteiger partial charge < -0.3 is 15.1 Å². The average molecular weight is 540 g/mol. The fourth-order valence-corrected chi connectivity index (χ4v) is 4.41. The molecule has 0 aliphatic carbocycles. The normalized spacial score (nSPS) is 11.3. The Morgan fingerprint density at radius 3 is 2.14 bits per heavy atom. The number of sulfonamides is 1. The number of aromatic carboxylic acids is 1. The maximum atomic E-state index is 12.7. The molecular weight excluding hydrogens is 515 g/mol. The summed E-state index contributed by atoms with van der Waals surface area (Å²) >= 11 is 6.02. The number of halogens is 4. The van der Waals surface area contributed by atoms with E-state index in [0.717, 1.165) is 12.8 Å². The van der Waals surface area contributed by atoms with Gasteiger partial charge in [-0.1, -0.05) is 31.5 Å². The molecule has 0 unspecified atom stereocenters. The Morgan fingerprint density at radius 2 is 1.69 bits per heavy atom. The molecule has 1 heterocycles. The predicted molar refractivity (Wildman–Crippen MR) is 125 cm³/mol. The second-order valence-electron chi connectivity index (χ2n) is 7.16. The first-order valence-electron chi connectivity index (χ1n) is 10.2. The van der Waals surface area contributed by atoms with Gasteiger partial charge in [-0.05, 0) is 43.5 Å². The molecule has 35 heavy (non-hydrogen) atoms. The molecule has 194 valence electrons. The molecule has 2 rings (SSSR count). The van der Waals surface area contributed by atoms with Gasteiger partial charge in [-0.15, -0.1) is 0 Å². The van der Waals surface area contributed by atoms with E-state index in [1.807, 2.05) is 18.7 Å². The van der Waals surface area contributed by atoms with Gasteiger partial charge in [-0.3, -0.25) is 4.72 Å². The second-order valence-corrected chi connectivity index (χ2v) is 9.22. The van der Waals surface area contributed by atoms with E-state index in [2.05, 4.69) is 9.71 Å². The molecule has 0 aliphatic heterocycles. The molecule has 9 nitrogen and oxygen atoms in total. The number of benzene rings is 1. The number of anilines is 2. The minimum Gasteiger partial charge on any atom is -0.478 e. The Hall–Kier alpha value is -3.06. The number of hydrogen-bond acceptors (Lipinski definition) is 6. The van der Waals surface area contributed by atoms with Gasteiger partial charge in [-0.25, -0.2) is 23.0 Å². The first kappa shape index (κ1) is 30.0. The maximum absolute atomic E-state index is 12.7. The molecule has 0 spiro atoms. The van der Waals surface area contributed by atoms with Crippen LogP contribution in [0, 0.1) is 6.92 Å². The number of pyridine rings is 1. The highest BCUT2D eigenvalue weighted by molar-refractivity contribution is 7.92. The van der Waals surface area contributed by atoms with Crippen molar-refractivity contribution < 1.29 is 41.4 Å². The average Bonchev–Trinajstić information content (AvgIpc) is 2.75. The Kier molecular flexibility index (Phi) is 10.8. The molecule has 1 aromatic heterocycles. The van der Waals surface area contributed by atoms with Gasteiger partial charge in [0.2, 0.25) is 0 Å². The van der Waals surface area contributed by atoms with E-state index in [1.54, 1.807) is 19.1 Å². The highest BCUT2D eigenvalue weighted by Gasteiger charge is 2.38. The van der Waals surface area contributed by atoms with Crippen LogP contribution >= 0.6 is 11.6 Å². The first-order valence-corrected chi connectivity index (χ1v) is 12.1. The van der Waals surface area contributed by atoms with Gasteiger partial charge in [0.1, 0.15) is 11.4 Å². The number of carboxylic acids is 2. The van der Waals surface area contributed by atoms with E-state index in [9.17, 15) is 31.5 Å². The molecule has 0 atom stereocenters. The summed E-state index contributed by atoms with van der Waals surface area (Å²) < 4.78 is 59.6. The van der Waals surface area contributed by atoms with Crippen molar-refractivity contribution in [2.75, 3.05) is 22.7 Å². The molecule has 14 heteroatoms. The minimum atomic E-state index is -5.08. The first-order chi connectivity index (χ1) is 16.2. The molecule has 0 saturated carbocycles. The van der Waals surface area contributed by atoms with E-state index in [1.165, 1.54) is 18.3 Å². The summed E-state index contributed by atoms with van der Waals surface area (Å²) in [5.74, 6) is -3.59. The fourth-order valence-electron chi connectivity index (χ4n) is 2.88. The minimum absolute atomic E-state index is 0.0274. The number of aromatic nitrogens is 1. The van der Waals surface area contributed by atoms with Gasteiger partial charge >= 0.3 is 18.1 Å². The van der Waals surface area contributed by atoms with Crippen molar-refractivity contribution in [3.8, 4) is 0 Å². The number of rotatable bonds is 9. The lowest BCUT2D eigenvalue weighted by Gasteiger charge is -2.24. The Balaban J connectivity index is 0.000000762. The van der Waals surface area contributed by atoms with Crippen LogP contribution in [0.4, 0.5) is 24.7 Å². The molecule has 0 aliphatic rings. The topological polar surface area (TPSA) is 137 Å². The molecular formula is C21H25ClF3N3O6S. The van der Waals surface area contributed by atoms with Crippen LogP contribution in [0.25, 0.3) is 0 Å². The smallest absolute Gasteiger partial charge is 0.478 e. The maximum Gasteiger partial charge on any atom is 0.490 e. The zero-order chi connectivity index (χ0) is 27.0. The number of nitrogens with one attached hydrogen (secondary N) is 1. The molecule has 2 aromatic rings. The van der Waals surface area contributed by atoms with Crippen LogP contribution in [-0.4, -0.2) is 54.8 Å². The monoisotopic (exact) mass is 539 g/mol. The molecule has 3 N–H and O–H groups in total. The fraction of sp³-hybridized carbons (Fsp3) is 0.381. The number of carboxylic acid groups (broad SMARTS) is 2. The molecule has 0 bridgehead atoms. The summed E-state index contributed by atoms with van der Waals surface area (Å²) in [6, 6.07) is 5.88. The number of alkyl halides is 3. The van der Waals surface area contributed by atoms with Gasteiger partial charge in [0.15, 0.2) is 0 Å². The van der Waals surface area contributed by atoms with Crippen molar-refractivity contribution >= 4 is 45.1 Å². The van der Waals surface area contributed by atoms with Crippen molar-refractivity contribution in [1.29, 1.82) is 0 Å². The van der Waals surface area contributed by atoms with Crippen molar-refractivity contribution in [2.45, 2.75) is 44.7 Å². The molecule has 0 fully saturated rings. The van der Waals surface area contributed by atoms with Gasteiger partial charge in [0, 0.05) is 18.1 Å². The van der Waals surface area contributed by atoms with Crippen LogP contribution in [0.15, 0.2) is 35.4 Å². The van der Waals surface area contributed by atoms with Crippen LogP contribution in [0.5, 0.6) is 0 Å². The molecule has 0 radical (unpaired) electrons. The van der Waals surface area contributed by atoms with Crippen LogP contribution in [0.1, 0.15) is 42.6 Å². The lowest BCUT2D eigenvalue weighted by Crippen LogP contribution is -2.28. The van der Waals surface area contributed by atoms with Crippen molar-refractivity contribution in [2.24, 2.45) is 0 Å². The van der Waals surface area contributed by atoms with Gasteiger partial charge in [-0.2, -0.15) is 13.2 Å². The molecule has 1 aromatic carbocycles. The Labute approximate surface area is 205 Å². The highest BCUT2D eigenvalue weighted by Crippen LogP contribution is 2.27. The summed E-state index contributed by atoms with van der Waals surface area (Å²) in [5.41, 5.74) is 0.440. The summed E-state index contributed by atoms with van der Waals surface area (Å²) in [5, 5.41) is 17.1. The Morgan fingerprint density at radius 1 is 1.14 bits per heavy atom. The van der Waals surface area contributed by atoms with Crippen LogP contribution in [0.3, 0.4) is 0 Å². The number of nitrogens with zero attached hydrogens (tertiary/aromatic N) is 2. The van der Waals surface area contributed by atoms with Gasteiger partial charge in [0.05, 0.1) is 16.8 Å². The van der Waals surface area contributed by atoms with E-state index in [0.29, 0.717) is 29.5 Å². The van der Waals surface area contributed by atoms with E-state index in [-0.39, 0.29) is 16.1 Å². The Bertz CT molecular complexity index is 1150. The lowest BCUT2D eigenvalue weighted by molar-refractivity contribution is -0.192. The number of aliphatic carboxylic acids is 1. The highest BCUT2D eigenvalue weighted by atomic mass is 35.5. The largest absolute Gasteiger partial charge is 0.490 e. The quantitative estimate of drug-likeness (QED) is 0.413. The van der Waals surface area contributed by atoms with E-state index >= 15 is 0 Å². The summed E-state index contributed by atoms with van der Waals surface area (Å²) in [6.07, 6.45) is -2.08. The summed E-state index contributed by atoms with van der Waals surface area (Å²) in [4.78, 5) is 26.8. The SMILES string of the molecule is CCCN(CCC)c1ncc(NS(=O)(=O)c2cccc(Cl)c2C)cc1C(=O)O.O=C(O)C(F)(F)F. The van der Waals surface area contributed by atoms with E-state index < -0.39 is 28.1 Å². The number of carbonyl (C=O) groups is 2. The third kappa shape index (κ3) is 8.58. The number of hydrogen-bond donors (Lipinski definition) is 3. The van der Waals surface area contributed by atoms with Crippen molar-refractivity contribution in [3.63, 3.8) is 0 Å². The lowest BCUT2D eigenvalue weighted by atomic mass is 10.2. The zero-order valence-corrected chi connectivity index (χ0v) is 20.6. The van der Waals surface area contributed by atoms with Crippen molar-refractivity contribution in [1.82, 2.24) is 4.98 Å².